The van der Waals surface area contributed by atoms with Crippen LogP contribution < -0.4 is 10.1 Å². The van der Waals surface area contributed by atoms with Gasteiger partial charge < -0.3 is 14.8 Å². The van der Waals surface area contributed by atoms with Gasteiger partial charge in [0.05, 0.1) is 6.61 Å². The highest BCUT2D eigenvalue weighted by Gasteiger charge is 2.02. The Kier molecular flexibility index (Phi) is 8.14. The summed E-state index contributed by atoms with van der Waals surface area (Å²) in [6, 6.07) is 7.73. The number of alkyl halides is 2. The molecule has 0 radical (unpaired) electrons. The van der Waals surface area contributed by atoms with Gasteiger partial charge >= 0.3 is 0 Å². The van der Waals surface area contributed by atoms with Gasteiger partial charge in [-0.25, -0.2) is 8.78 Å². The van der Waals surface area contributed by atoms with Crippen LogP contribution in [0, 0.1) is 5.92 Å². The molecule has 0 spiro atoms. The summed E-state index contributed by atoms with van der Waals surface area (Å²) in [7, 11) is 0. The third-order valence-electron chi connectivity index (χ3n) is 2.52. The second kappa shape index (κ2) is 9.66. The largest absolute Gasteiger partial charge is 0.491 e. The quantitative estimate of drug-likeness (QED) is 0.671. The highest BCUT2D eigenvalue weighted by atomic mass is 19.3. The lowest BCUT2D eigenvalue weighted by Gasteiger charge is -2.10. The molecule has 0 amide bonds. The number of hydrogen-bond donors (Lipinski definition) is 1. The van der Waals surface area contributed by atoms with Crippen molar-refractivity contribution in [3.63, 3.8) is 0 Å². The molecule has 0 aromatic heterocycles. The minimum atomic E-state index is -2.43. The van der Waals surface area contributed by atoms with Crippen molar-refractivity contribution < 1.29 is 18.3 Å². The molecule has 1 rings (SSSR count). The van der Waals surface area contributed by atoms with Crippen LogP contribution in [-0.4, -0.2) is 32.8 Å². The molecule has 1 N–H and O–H groups in total. The normalized spacial score (nSPS) is 11.3. The van der Waals surface area contributed by atoms with Gasteiger partial charge in [0.1, 0.15) is 19.0 Å². The van der Waals surface area contributed by atoms with Crippen molar-refractivity contribution in [2.24, 2.45) is 5.92 Å². The first-order valence-corrected chi connectivity index (χ1v) is 6.86. The van der Waals surface area contributed by atoms with Crippen LogP contribution in [0.4, 0.5) is 8.78 Å². The van der Waals surface area contributed by atoms with Gasteiger partial charge in [0.15, 0.2) is 0 Å². The molecule has 0 aliphatic heterocycles. The smallest absolute Gasteiger partial charge is 0.261 e. The Morgan fingerprint density at radius 2 is 2.00 bits per heavy atom. The molecular weight excluding hydrogens is 264 g/mol. The van der Waals surface area contributed by atoms with Crippen LogP contribution in [0.3, 0.4) is 0 Å². The predicted octanol–water partition coefficient (Wildman–Crippen LogP) is 3.09. The summed E-state index contributed by atoms with van der Waals surface area (Å²) < 4.78 is 33.9. The molecule has 0 saturated heterocycles. The molecule has 5 heteroatoms. The van der Waals surface area contributed by atoms with E-state index in [0.717, 1.165) is 24.4 Å². The number of ether oxygens (including phenoxy) is 2. The van der Waals surface area contributed by atoms with Crippen molar-refractivity contribution in [3.8, 4) is 5.75 Å². The zero-order valence-corrected chi connectivity index (χ0v) is 12.1. The summed E-state index contributed by atoms with van der Waals surface area (Å²) in [5, 5.41) is 3.35. The van der Waals surface area contributed by atoms with Crippen molar-refractivity contribution in [2.75, 3.05) is 26.4 Å². The van der Waals surface area contributed by atoms with Gasteiger partial charge in [-0.2, -0.15) is 0 Å². The van der Waals surface area contributed by atoms with Gasteiger partial charge in [-0.05, 0) is 30.2 Å². The Bertz CT molecular complexity index is 373. The van der Waals surface area contributed by atoms with E-state index in [-0.39, 0.29) is 13.2 Å². The first-order valence-electron chi connectivity index (χ1n) is 6.86. The second-order valence-corrected chi connectivity index (χ2v) is 4.99. The Labute approximate surface area is 119 Å². The molecule has 114 valence electrons. The van der Waals surface area contributed by atoms with Gasteiger partial charge in [0.25, 0.3) is 6.43 Å². The highest BCUT2D eigenvalue weighted by Crippen LogP contribution is 2.13. The molecule has 0 heterocycles. The lowest BCUT2D eigenvalue weighted by atomic mass is 10.2. The van der Waals surface area contributed by atoms with Crippen LogP contribution in [0.15, 0.2) is 24.3 Å². The molecule has 0 saturated carbocycles. The van der Waals surface area contributed by atoms with Gasteiger partial charge in [-0.3, -0.25) is 0 Å². The Hall–Kier alpha value is -1.20. The summed E-state index contributed by atoms with van der Waals surface area (Å²) >= 11 is 0. The minimum Gasteiger partial charge on any atom is -0.491 e. The van der Waals surface area contributed by atoms with E-state index in [1.807, 2.05) is 24.3 Å². The maximum absolute atomic E-state index is 11.8. The first-order chi connectivity index (χ1) is 9.58. The van der Waals surface area contributed by atoms with E-state index >= 15 is 0 Å². The summed E-state index contributed by atoms with van der Waals surface area (Å²) in [6.45, 7) is 5.97. The standard InChI is InChI=1S/C15H23F2NO2/c1-12(2)9-18-10-13-4-3-5-14(8-13)20-7-6-19-11-15(16)17/h3-5,8,12,15,18H,6-7,9-11H2,1-2H3. The number of rotatable bonds is 10. The first kappa shape index (κ1) is 16.9. The Morgan fingerprint density at radius 3 is 2.70 bits per heavy atom. The van der Waals surface area contributed by atoms with Gasteiger partial charge in [0, 0.05) is 6.54 Å². The van der Waals surface area contributed by atoms with Crippen LogP contribution in [0.2, 0.25) is 0 Å². The van der Waals surface area contributed by atoms with E-state index < -0.39 is 13.0 Å². The molecule has 1 aromatic carbocycles. The third kappa shape index (κ3) is 8.07. The van der Waals surface area contributed by atoms with Crippen molar-refractivity contribution in [1.29, 1.82) is 0 Å². The molecule has 0 unspecified atom stereocenters. The summed E-state index contributed by atoms with van der Waals surface area (Å²) in [5.41, 5.74) is 1.14. The number of benzene rings is 1. The Morgan fingerprint density at radius 1 is 1.20 bits per heavy atom. The average Bonchev–Trinajstić information content (AvgIpc) is 2.38. The molecule has 20 heavy (non-hydrogen) atoms. The Balaban J connectivity index is 2.25. The molecule has 3 nitrogen and oxygen atoms in total. The van der Waals surface area contributed by atoms with Crippen molar-refractivity contribution in [3.05, 3.63) is 29.8 Å². The monoisotopic (exact) mass is 287 g/mol. The highest BCUT2D eigenvalue weighted by molar-refractivity contribution is 5.28. The van der Waals surface area contributed by atoms with E-state index in [9.17, 15) is 8.78 Å². The van der Waals surface area contributed by atoms with E-state index in [2.05, 4.69) is 19.2 Å². The van der Waals surface area contributed by atoms with Crippen LogP contribution >= 0.6 is 0 Å². The van der Waals surface area contributed by atoms with Crippen molar-refractivity contribution in [1.82, 2.24) is 5.32 Å². The van der Waals surface area contributed by atoms with Gasteiger partial charge in [0.2, 0.25) is 0 Å². The van der Waals surface area contributed by atoms with Gasteiger partial charge in [-0.1, -0.05) is 26.0 Å². The van der Waals surface area contributed by atoms with Crippen LogP contribution in [0.1, 0.15) is 19.4 Å². The lowest BCUT2D eigenvalue weighted by molar-refractivity contribution is 0.00763. The topological polar surface area (TPSA) is 30.5 Å². The number of halogens is 2. The third-order valence-corrected chi connectivity index (χ3v) is 2.52. The molecule has 0 aliphatic carbocycles. The van der Waals surface area contributed by atoms with Gasteiger partial charge in [-0.15, -0.1) is 0 Å². The van der Waals surface area contributed by atoms with Crippen LogP contribution in [-0.2, 0) is 11.3 Å². The van der Waals surface area contributed by atoms with E-state index in [1.54, 1.807) is 0 Å². The maximum atomic E-state index is 11.8. The maximum Gasteiger partial charge on any atom is 0.261 e. The zero-order chi connectivity index (χ0) is 14.8. The van der Waals surface area contributed by atoms with E-state index in [4.69, 9.17) is 9.47 Å². The summed E-state index contributed by atoms with van der Waals surface area (Å²) in [5.74, 6) is 1.34. The fourth-order valence-corrected chi connectivity index (χ4v) is 1.64. The van der Waals surface area contributed by atoms with Crippen LogP contribution in [0.25, 0.3) is 0 Å². The molecule has 0 fully saturated rings. The van der Waals surface area contributed by atoms with Crippen LogP contribution in [0.5, 0.6) is 5.75 Å². The second-order valence-electron chi connectivity index (χ2n) is 4.99. The van der Waals surface area contributed by atoms with Crippen molar-refractivity contribution >= 4 is 0 Å². The number of nitrogens with one attached hydrogen (secondary N) is 1. The predicted molar refractivity (Wildman–Crippen MR) is 75.3 cm³/mol. The number of hydrogen-bond acceptors (Lipinski definition) is 3. The molecule has 0 bridgehead atoms. The SMILES string of the molecule is CC(C)CNCc1cccc(OCCOCC(F)F)c1. The fourth-order valence-electron chi connectivity index (χ4n) is 1.64. The zero-order valence-electron chi connectivity index (χ0n) is 12.1. The molecule has 1 aromatic rings. The van der Waals surface area contributed by atoms with E-state index in [1.165, 1.54) is 0 Å². The summed E-state index contributed by atoms with van der Waals surface area (Å²) in [6.07, 6.45) is -2.43. The minimum absolute atomic E-state index is 0.167. The fraction of sp³-hybridized carbons (Fsp3) is 0.600. The van der Waals surface area contributed by atoms with E-state index in [0.29, 0.717) is 5.92 Å². The lowest BCUT2D eigenvalue weighted by Crippen LogP contribution is -2.19. The molecule has 0 aliphatic rings. The average molecular weight is 287 g/mol. The molecular formula is C15H23F2NO2. The van der Waals surface area contributed by atoms with Crippen molar-refractivity contribution in [2.45, 2.75) is 26.8 Å². The summed E-state index contributed by atoms with van der Waals surface area (Å²) in [4.78, 5) is 0. The molecule has 0 atom stereocenters.